The van der Waals surface area contributed by atoms with Crippen LogP contribution in [0.25, 0.3) is 6.08 Å². The van der Waals surface area contributed by atoms with E-state index in [1.54, 1.807) is 39.5 Å². The van der Waals surface area contributed by atoms with Crippen LogP contribution in [-0.2, 0) is 9.53 Å². The summed E-state index contributed by atoms with van der Waals surface area (Å²) in [7, 11) is 6.12. The van der Waals surface area contributed by atoms with E-state index in [1.807, 2.05) is 0 Å². The lowest BCUT2D eigenvalue weighted by atomic mass is 10.0. The maximum absolute atomic E-state index is 12.1. The Bertz CT molecular complexity index is 538. The van der Waals surface area contributed by atoms with Crippen LogP contribution in [0.2, 0.25) is 0 Å². The third-order valence-electron chi connectivity index (χ3n) is 3.82. The zero-order valence-electron chi connectivity index (χ0n) is 15.3. The van der Waals surface area contributed by atoms with E-state index in [4.69, 9.17) is 18.9 Å². The number of unbranched alkanes of at least 4 members (excludes halogenated alkanes) is 3. The van der Waals surface area contributed by atoms with Crippen molar-refractivity contribution in [1.82, 2.24) is 0 Å². The monoisotopic (exact) mass is 336 g/mol. The molecule has 1 rings (SSSR count). The molecule has 5 heteroatoms. The van der Waals surface area contributed by atoms with Gasteiger partial charge >= 0.3 is 5.97 Å². The fraction of sp³-hybridized carbons (Fsp3) is 0.526. The van der Waals surface area contributed by atoms with Gasteiger partial charge < -0.3 is 18.9 Å². The highest BCUT2D eigenvalue weighted by molar-refractivity contribution is 5.94. The second-order valence-corrected chi connectivity index (χ2v) is 5.42. The smallest absolute Gasteiger partial charge is 0.333 e. The number of carbonyl (C=O) groups excluding carboxylic acids is 1. The molecule has 134 valence electrons. The highest BCUT2D eigenvalue weighted by Crippen LogP contribution is 2.36. The summed E-state index contributed by atoms with van der Waals surface area (Å²) in [6, 6.07) is 3.53. The lowest BCUT2D eigenvalue weighted by molar-refractivity contribution is -0.136. The van der Waals surface area contributed by atoms with Gasteiger partial charge in [-0.2, -0.15) is 0 Å². The molecule has 0 atom stereocenters. The van der Waals surface area contributed by atoms with E-state index < -0.39 is 0 Å². The molecule has 1 aromatic rings. The SMILES string of the molecule is CCCCCC/C(=C\c1c(OC)cc(OC)cc1OC)C(=O)OC. The van der Waals surface area contributed by atoms with Gasteiger partial charge in [-0.25, -0.2) is 4.79 Å². The fourth-order valence-corrected chi connectivity index (χ4v) is 2.46. The number of ether oxygens (including phenoxy) is 4. The van der Waals surface area contributed by atoms with Crippen LogP contribution >= 0.6 is 0 Å². The van der Waals surface area contributed by atoms with Crippen LogP contribution < -0.4 is 14.2 Å². The number of hydrogen-bond acceptors (Lipinski definition) is 5. The molecule has 0 aliphatic rings. The van der Waals surface area contributed by atoms with Crippen molar-refractivity contribution in [1.29, 1.82) is 0 Å². The first-order chi connectivity index (χ1) is 11.6. The van der Waals surface area contributed by atoms with Crippen molar-refractivity contribution in [3.8, 4) is 17.2 Å². The van der Waals surface area contributed by atoms with Crippen molar-refractivity contribution in [2.75, 3.05) is 28.4 Å². The highest BCUT2D eigenvalue weighted by atomic mass is 16.5. The highest BCUT2D eigenvalue weighted by Gasteiger charge is 2.16. The van der Waals surface area contributed by atoms with Gasteiger partial charge in [-0.15, -0.1) is 0 Å². The van der Waals surface area contributed by atoms with Gasteiger partial charge in [0, 0.05) is 17.7 Å². The molecule has 0 amide bonds. The van der Waals surface area contributed by atoms with Crippen molar-refractivity contribution < 1.29 is 23.7 Å². The van der Waals surface area contributed by atoms with Gasteiger partial charge in [0.1, 0.15) is 17.2 Å². The van der Waals surface area contributed by atoms with E-state index in [0.717, 1.165) is 25.7 Å². The lowest BCUT2D eigenvalue weighted by Crippen LogP contribution is -2.05. The van der Waals surface area contributed by atoms with Crippen molar-refractivity contribution in [2.24, 2.45) is 0 Å². The van der Waals surface area contributed by atoms with Gasteiger partial charge in [-0.1, -0.05) is 26.2 Å². The van der Waals surface area contributed by atoms with Crippen molar-refractivity contribution in [2.45, 2.75) is 39.0 Å². The Hall–Kier alpha value is -2.17. The predicted octanol–water partition coefficient (Wildman–Crippen LogP) is 4.24. The van der Waals surface area contributed by atoms with E-state index in [-0.39, 0.29) is 5.97 Å². The first kappa shape index (κ1) is 19.9. The molecule has 0 N–H and O–H groups in total. The first-order valence-corrected chi connectivity index (χ1v) is 8.20. The second kappa shape index (κ2) is 10.6. The summed E-state index contributed by atoms with van der Waals surface area (Å²) in [5.41, 5.74) is 1.31. The third-order valence-corrected chi connectivity index (χ3v) is 3.82. The number of carbonyl (C=O) groups is 1. The minimum Gasteiger partial charge on any atom is -0.496 e. The molecule has 0 unspecified atom stereocenters. The molecule has 0 radical (unpaired) electrons. The molecule has 1 aromatic carbocycles. The van der Waals surface area contributed by atoms with Crippen LogP contribution in [0, 0.1) is 0 Å². The van der Waals surface area contributed by atoms with Crippen molar-refractivity contribution >= 4 is 12.0 Å². The summed E-state index contributed by atoms with van der Waals surface area (Å²) in [4.78, 5) is 12.1. The fourth-order valence-electron chi connectivity index (χ4n) is 2.46. The van der Waals surface area contributed by atoms with Crippen molar-refractivity contribution in [3.63, 3.8) is 0 Å². The van der Waals surface area contributed by atoms with E-state index >= 15 is 0 Å². The topological polar surface area (TPSA) is 54.0 Å². The maximum atomic E-state index is 12.1. The van der Waals surface area contributed by atoms with Gasteiger partial charge in [-0.05, 0) is 18.9 Å². The zero-order valence-corrected chi connectivity index (χ0v) is 15.3. The maximum Gasteiger partial charge on any atom is 0.333 e. The Morgan fingerprint density at radius 3 is 2.04 bits per heavy atom. The van der Waals surface area contributed by atoms with E-state index in [9.17, 15) is 4.79 Å². The molecule has 0 heterocycles. The van der Waals surface area contributed by atoms with Crippen LogP contribution in [0.4, 0.5) is 0 Å². The third kappa shape index (κ3) is 5.48. The molecule has 0 aliphatic carbocycles. The molecule has 5 nitrogen and oxygen atoms in total. The summed E-state index contributed by atoms with van der Waals surface area (Å²) < 4.78 is 21.0. The Morgan fingerprint density at radius 2 is 1.58 bits per heavy atom. The zero-order chi connectivity index (χ0) is 17.9. The Balaban J connectivity index is 3.21. The van der Waals surface area contributed by atoms with Crippen LogP contribution in [-0.4, -0.2) is 34.4 Å². The minimum atomic E-state index is -0.327. The van der Waals surface area contributed by atoms with Crippen LogP contribution in [0.1, 0.15) is 44.6 Å². The number of benzene rings is 1. The summed E-state index contributed by atoms with van der Waals surface area (Å²) in [5, 5.41) is 0. The average Bonchev–Trinajstić information content (AvgIpc) is 2.62. The Labute approximate surface area is 144 Å². The second-order valence-electron chi connectivity index (χ2n) is 5.42. The molecule has 24 heavy (non-hydrogen) atoms. The summed E-state index contributed by atoms with van der Waals surface area (Å²) >= 11 is 0. The molecule has 0 bridgehead atoms. The van der Waals surface area contributed by atoms with Crippen LogP contribution in [0.5, 0.6) is 17.2 Å². The standard InChI is InChI=1S/C19H28O5/c1-6-7-8-9-10-14(19(20)24-5)11-16-17(22-3)12-15(21-2)13-18(16)23-4/h11-13H,6-10H2,1-5H3/b14-11+. The van der Waals surface area contributed by atoms with Crippen molar-refractivity contribution in [3.05, 3.63) is 23.3 Å². The molecule has 0 aromatic heterocycles. The summed E-state index contributed by atoms with van der Waals surface area (Å²) in [6.45, 7) is 2.16. The molecule has 0 spiro atoms. The normalized spacial score (nSPS) is 11.1. The molecule has 0 saturated heterocycles. The molecule has 0 saturated carbocycles. The van der Waals surface area contributed by atoms with Gasteiger partial charge in [0.05, 0.1) is 34.0 Å². The number of rotatable bonds is 10. The molecule has 0 aliphatic heterocycles. The van der Waals surface area contributed by atoms with Gasteiger partial charge in [-0.3, -0.25) is 0 Å². The number of esters is 1. The van der Waals surface area contributed by atoms with E-state index in [2.05, 4.69) is 6.92 Å². The Morgan fingerprint density at radius 1 is 0.958 bits per heavy atom. The first-order valence-electron chi connectivity index (χ1n) is 8.20. The average molecular weight is 336 g/mol. The Kier molecular flexibility index (Phi) is 8.76. The largest absolute Gasteiger partial charge is 0.496 e. The minimum absolute atomic E-state index is 0.327. The molecular formula is C19H28O5. The summed E-state index contributed by atoms with van der Waals surface area (Å²) in [5.74, 6) is 1.47. The summed E-state index contributed by atoms with van der Waals surface area (Å²) in [6.07, 6.45) is 6.78. The molecular weight excluding hydrogens is 308 g/mol. The van der Waals surface area contributed by atoms with Gasteiger partial charge in [0.2, 0.25) is 0 Å². The van der Waals surface area contributed by atoms with Gasteiger partial charge in [0.15, 0.2) is 0 Å². The van der Waals surface area contributed by atoms with E-state index in [1.165, 1.54) is 7.11 Å². The van der Waals surface area contributed by atoms with Crippen LogP contribution in [0.3, 0.4) is 0 Å². The molecule has 0 fully saturated rings. The number of hydrogen-bond donors (Lipinski definition) is 0. The predicted molar refractivity (Wildman–Crippen MR) is 94.9 cm³/mol. The van der Waals surface area contributed by atoms with E-state index in [0.29, 0.717) is 34.8 Å². The lowest BCUT2D eigenvalue weighted by Gasteiger charge is -2.14. The van der Waals surface area contributed by atoms with Crippen LogP contribution in [0.15, 0.2) is 17.7 Å². The quantitative estimate of drug-likeness (QED) is 0.363. The van der Waals surface area contributed by atoms with Gasteiger partial charge in [0.25, 0.3) is 0 Å². The number of methoxy groups -OCH3 is 4.